The van der Waals surface area contributed by atoms with Crippen molar-refractivity contribution < 1.29 is 10.2 Å². The SMILES string of the molecule is CC(C)(CO)CCCCC(O)CCCCC1(C)CC1. The van der Waals surface area contributed by atoms with Gasteiger partial charge in [0.2, 0.25) is 0 Å². The van der Waals surface area contributed by atoms with Crippen LogP contribution >= 0.6 is 0 Å². The molecule has 0 bridgehead atoms. The Morgan fingerprint density at radius 2 is 1.63 bits per heavy atom. The van der Waals surface area contributed by atoms with E-state index in [4.69, 9.17) is 5.11 Å². The fraction of sp³-hybridized carbons (Fsp3) is 1.00. The average molecular weight is 270 g/mol. The number of hydrogen-bond acceptors (Lipinski definition) is 2. The molecule has 0 saturated heterocycles. The van der Waals surface area contributed by atoms with Crippen LogP contribution in [0, 0.1) is 10.8 Å². The maximum Gasteiger partial charge on any atom is 0.0540 e. The maximum atomic E-state index is 9.93. The molecule has 0 aliphatic heterocycles. The van der Waals surface area contributed by atoms with Gasteiger partial charge in [0.15, 0.2) is 0 Å². The van der Waals surface area contributed by atoms with Crippen LogP contribution in [0.4, 0.5) is 0 Å². The Kier molecular flexibility index (Phi) is 6.82. The highest BCUT2D eigenvalue weighted by Crippen LogP contribution is 2.49. The van der Waals surface area contributed by atoms with Crippen LogP contribution in [-0.2, 0) is 0 Å². The van der Waals surface area contributed by atoms with Crippen LogP contribution in [0.25, 0.3) is 0 Å². The fourth-order valence-electron chi connectivity index (χ4n) is 2.60. The summed E-state index contributed by atoms with van der Waals surface area (Å²) < 4.78 is 0. The molecule has 0 spiro atoms. The van der Waals surface area contributed by atoms with E-state index in [2.05, 4.69) is 20.8 Å². The van der Waals surface area contributed by atoms with Gasteiger partial charge in [0.05, 0.1) is 6.10 Å². The molecule has 0 aromatic rings. The smallest absolute Gasteiger partial charge is 0.0540 e. The Balaban J connectivity index is 1.91. The predicted octanol–water partition coefficient (Wildman–Crippen LogP) is 4.29. The van der Waals surface area contributed by atoms with Crippen molar-refractivity contribution in [3.63, 3.8) is 0 Å². The van der Waals surface area contributed by atoms with Gasteiger partial charge in [-0.25, -0.2) is 0 Å². The minimum Gasteiger partial charge on any atom is -0.396 e. The van der Waals surface area contributed by atoms with E-state index in [0.29, 0.717) is 5.41 Å². The Morgan fingerprint density at radius 3 is 2.16 bits per heavy atom. The zero-order valence-corrected chi connectivity index (χ0v) is 13.2. The maximum absolute atomic E-state index is 9.93. The van der Waals surface area contributed by atoms with E-state index in [1.54, 1.807) is 0 Å². The van der Waals surface area contributed by atoms with Gasteiger partial charge in [0, 0.05) is 6.61 Å². The summed E-state index contributed by atoms with van der Waals surface area (Å²) in [6, 6.07) is 0. The largest absolute Gasteiger partial charge is 0.396 e. The average Bonchev–Trinajstić information content (AvgIpc) is 3.09. The van der Waals surface area contributed by atoms with Gasteiger partial charge in [-0.05, 0) is 49.4 Å². The normalized spacial score (nSPS) is 19.4. The van der Waals surface area contributed by atoms with Crippen LogP contribution in [0.1, 0.15) is 85.0 Å². The molecule has 1 fully saturated rings. The first-order valence-electron chi connectivity index (χ1n) is 8.16. The molecule has 114 valence electrons. The predicted molar refractivity (Wildman–Crippen MR) is 81.2 cm³/mol. The molecule has 2 heteroatoms. The molecule has 0 heterocycles. The second-order valence-electron chi connectivity index (χ2n) is 7.78. The highest BCUT2D eigenvalue weighted by atomic mass is 16.3. The Morgan fingerprint density at radius 1 is 1.05 bits per heavy atom. The molecular formula is C17H34O2. The van der Waals surface area contributed by atoms with Crippen LogP contribution in [0.5, 0.6) is 0 Å². The van der Waals surface area contributed by atoms with Gasteiger partial charge in [-0.2, -0.15) is 0 Å². The lowest BCUT2D eigenvalue weighted by Gasteiger charge is -2.21. The summed E-state index contributed by atoms with van der Waals surface area (Å²) in [5, 5.41) is 19.1. The molecule has 0 amide bonds. The molecule has 1 aliphatic rings. The van der Waals surface area contributed by atoms with Crippen LogP contribution in [0.15, 0.2) is 0 Å². The molecule has 1 aliphatic carbocycles. The van der Waals surface area contributed by atoms with Gasteiger partial charge in [0.1, 0.15) is 0 Å². The zero-order valence-electron chi connectivity index (χ0n) is 13.2. The Labute approximate surface area is 119 Å². The van der Waals surface area contributed by atoms with Gasteiger partial charge in [-0.15, -0.1) is 0 Å². The van der Waals surface area contributed by atoms with Gasteiger partial charge < -0.3 is 10.2 Å². The van der Waals surface area contributed by atoms with Crippen molar-refractivity contribution >= 4 is 0 Å². The number of hydrogen-bond donors (Lipinski definition) is 2. The Hall–Kier alpha value is -0.0800. The Bertz CT molecular complexity index is 244. The molecule has 2 N–H and O–H groups in total. The van der Waals surface area contributed by atoms with Gasteiger partial charge >= 0.3 is 0 Å². The third kappa shape index (κ3) is 7.94. The van der Waals surface area contributed by atoms with Gasteiger partial charge in [-0.1, -0.05) is 46.5 Å². The van der Waals surface area contributed by atoms with E-state index in [1.165, 1.54) is 32.1 Å². The summed E-state index contributed by atoms with van der Waals surface area (Å²) in [5.74, 6) is 0. The van der Waals surface area contributed by atoms with E-state index in [-0.39, 0.29) is 18.1 Å². The highest BCUT2D eigenvalue weighted by molar-refractivity contribution is 4.87. The van der Waals surface area contributed by atoms with Crippen molar-refractivity contribution in [2.75, 3.05) is 6.61 Å². The standard InChI is InChI=1S/C17H34O2/c1-16(2,14-18)10-6-4-8-15(19)9-5-7-11-17(3)12-13-17/h15,18-19H,4-14H2,1-3H3. The minimum absolute atomic E-state index is 0.0463. The highest BCUT2D eigenvalue weighted by Gasteiger charge is 2.35. The second kappa shape index (κ2) is 7.64. The van der Waals surface area contributed by atoms with Crippen molar-refractivity contribution in [2.24, 2.45) is 10.8 Å². The molecule has 2 nitrogen and oxygen atoms in total. The van der Waals surface area contributed by atoms with Crippen LogP contribution < -0.4 is 0 Å². The lowest BCUT2D eigenvalue weighted by atomic mass is 9.87. The first kappa shape index (κ1) is 17.0. The first-order chi connectivity index (χ1) is 8.87. The third-order valence-corrected chi connectivity index (χ3v) is 4.74. The topological polar surface area (TPSA) is 40.5 Å². The molecular weight excluding hydrogens is 236 g/mol. The summed E-state index contributed by atoms with van der Waals surface area (Å²) in [6.45, 7) is 6.84. The molecule has 1 unspecified atom stereocenters. The third-order valence-electron chi connectivity index (χ3n) is 4.74. The monoisotopic (exact) mass is 270 g/mol. The quantitative estimate of drug-likeness (QED) is 0.550. The minimum atomic E-state index is -0.107. The number of aliphatic hydroxyl groups excluding tert-OH is 2. The van der Waals surface area contributed by atoms with Crippen molar-refractivity contribution in [2.45, 2.75) is 91.1 Å². The fourth-order valence-corrected chi connectivity index (χ4v) is 2.60. The molecule has 19 heavy (non-hydrogen) atoms. The molecule has 1 saturated carbocycles. The lowest BCUT2D eigenvalue weighted by Crippen LogP contribution is -2.16. The van der Waals surface area contributed by atoms with Crippen molar-refractivity contribution in [1.82, 2.24) is 0 Å². The van der Waals surface area contributed by atoms with Crippen molar-refractivity contribution in [3.05, 3.63) is 0 Å². The summed E-state index contributed by atoms with van der Waals surface area (Å²) in [6.07, 6.45) is 11.7. The van der Waals surface area contributed by atoms with Crippen LogP contribution in [0.2, 0.25) is 0 Å². The van der Waals surface area contributed by atoms with E-state index in [1.807, 2.05) is 0 Å². The molecule has 1 rings (SSSR count). The lowest BCUT2D eigenvalue weighted by molar-refractivity contribution is 0.132. The summed E-state index contributed by atoms with van der Waals surface area (Å²) in [5.41, 5.74) is 0.714. The number of unbranched alkanes of at least 4 members (excludes halogenated alkanes) is 2. The second-order valence-corrected chi connectivity index (χ2v) is 7.78. The number of rotatable bonds is 11. The molecule has 0 aromatic heterocycles. The molecule has 0 radical (unpaired) electrons. The zero-order chi connectivity index (χ0) is 14.4. The first-order valence-corrected chi connectivity index (χ1v) is 8.16. The van der Waals surface area contributed by atoms with Crippen LogP contribution in [-0.4, -0.2) is 22.9 Å². The van der Waals surface area contributed by atoms with Crippen LogP contribution in [0.3, 0.4) is 0 Å². The van der Waals surface area contributed by atoms with E-state index >= 15 is 0 Å². The number of aliphatic hydroxyl groups is 2. The van der Waals surface area contributed by atoms with E-state index < -0.39 is 0 Å². The van der Waals surface area contributed by atoms with Crippen molar-refractivity contribution in [3.8, 4) is 0 Å². The summed E-state index contributed by atoms with van der Waals surface area (Å²) in [7, 11) is 0. The molecule has 1 atom stereocenters. The summed E-state index contributed by atoms with van der Waals surface area (Å²) in [4.78, 5) is 0. The van der Waals surface area contributed by atoms with E-state index in [0.717, 1.165) is 32.1 Å². The van der Waals surface area contributed by atoms with Gasteiger partial charge in [-0.3, -0.25) is 0 Å². The van der Waals surface area contributed by atoms with E-state index in [9.17, 15) is 5.11 Å². The van der Waals surface area contributed by atoms with Crippen molar-refractivity contribution in [1.29, 1.82) is 0 Å². The summed E-state index contributed by atoms with van der Waals surface area (Å²) >= 11 is 0. The van der Waals surface area contributed by atoms with Gasteiger partial charge in [0.25, 0.3) is 0 Å². The molecule has 0 aromatic carbocycles.